The standard InChI is InChI=1S/C9H11FN2O2/c10-8(9(13)14)3-7-4-11-5-12(7)6-1-2-6/h4-6,8H,1-3H2,(H,13,14). The lowest BCUT2D eigenvalue weighted by atomic mass is 10.2. The fourth-order valence-corrected chi connectivity index (χ4v) is 1.44. The molecule has 1 atom stereocenters. The molecule has 0 spiro atoms. The Morgan fingerprint density at radius 1 is 1.79 bits per heavy atom. The van der Waals surface area contributed by atoms with Crippen molar-refractivity contribution in [3.05, 3.63) is 18.2 Å². The molecule has 4 nitrogen and oxygen atoms in total. The topological polar surface area (TPSA) is 55.1 Å². The van der Waals surface area contributed by atoms with Gasteiger partial charge in [-0.25, -0.2) is 14.2 Å². The number of rotatable bonds is 4. The van der Waals surface area contributed by atoms with E-state index < -0.39 is 12.1 Å². The van der Waals surface area contributed by atoms with Crippen LogP contribution in [0.2, 0.25) is 0 Å². The number of hydrogen-bond acceptors (Lipinski definition) is 2. The molecule has 1 aromatic rings. The summed E-state index contributed by atoms with van der Waals surface area (Å²) in [6.45, 7) is 0. The first-order chi connectivity index (χ1) is 6.68. The minimum absolute atomic E-state index is 0.0914. The zero-order chi connectivity index (χ0) is 10.1. The lowest BCUT2D eigenvalue weighted by Gasteiger charge is -2.06. The third kappa shape index (κ3) is 1.76. The van der Waals surface area contributed by atoms with Gasteiger partial charge in [-0.2, -0.15) is 0 Å². The molecule has 1 unspecified atom stereocenters. The van der Waals surface area contributed by atoms with Crippen molar-refractivity contribution in [2.75, 3.05) is 0 Å². The van der Waals surface area contributed by atoms with Gasteiger partial charge in [0.25, 0.3) is 0 Å². The van der Waals surface area contributed by atoms with E-state index in [1.54, 1.807) is 6.33 Å². The number of nitrogens with zero attached hydrogens (tertiary/aromatic N) is 2. The van der Waals surface area contributed by atoms with Gasteiger partial charge >= 0.3 is 5.97 Å². The maximum Gasteiger partial charge on any atom is 0.338 e. The Balaban J connectivity index is 2.08. The monoisotopic (exact) mass is 198 g/mol. The molecule has 0 bridgehead atoms. The van der Waals surface area contributed by atoms with Crippen LogP contribution in [-0.2, 0) is 11.2 Å². The molecule has 0 amide bonds. The van der Waals surface area contributed by atoms with Crippen LogP contribution in [0.5, 0.6) is 0 Å². The molecule has 2 rings (SSSR count). The van der Waals surface area contributed by atoms with Gasteiger partial charge in [0.2, 0.25) is 6.17 Å². The Labute approximate surface area is 80.4 Å². The number of alkyl halides is 1. The van der Waals surface area contributed by atoms with Crippen molar-refractivity contribution >= 4 is 5.97 Å². The normalized spacial score (nSPS) is 18.1. The van der Waals surface area contributed by atoms with Gasteiger partial charge in [0.1, 0.15) is 0 Å². The highest BCUT2D eigenvalue weighted by Gasteiger charge is 2.27. The van der Waals surface area contributed by atoms with Crippen molar-refractivity contribution in [2.24, 2.45) is 0 Å². The molecule has 1 fully saturated rings. The summed E-state index contributed by atoms with van der Waals surface area (Å²) in [7, 11) is 0. The number of carboxylic acids is 1. The first kappa shape index (κ1) is 9.18. The molecule has 5 heteroatoms. The lowest BCUT2D eigenvalue weighted by Crippen LogP contribution is -2.18. The summed E-state index contributed by atoms with van der Waals surface area (Å²) in [6, 6.07) is 0.411. The molecule has 1 aliphatic carbocycles. The molecule has 0 radical (unpaired) electrons. The maximum absolute atomic E-state index is 12.9. The van der Waals surface area contributed by atoms with E-state index in [4.69, 9.17) is 5.11 Å². The molecule has 14 heavy (non-hydrogen) atoms. The fraction of sp³-hybridized carbons (Fsp3) is 0.556. The van der Waals surface area contributed by atoms with Gasteiger partial charge < -0.3 is 9.67 Å². The Bertz CT molecular complexity index is 346. The van der Waals surface area contributed by atoms with E-state index in [1.807, 2.05) is 4.57 Å². The van der Waals surface area contributed by atoms with Crippen molar-refractivity contribution in [1.29, 1.82) is 0 Å². The van der Waals surface area contributed by atoms with Crippen LogP contribution < -0.4 is 0 Å². The van der Waals surface area contributed by atoms with Crippen molar-refractivity contribution < 1.29 is 14.3 Å². The molecule has 1 saturated carbocycles. The zero-order valence-corrected chi connectivity index (χ0v) is 7.56. The van der Waals surface area contributed by atoms with Crippen LogP contribution in [0.3, 0.4) is 0 Å². The van der Waals surface area contributed by atoms with E-state index in [2.05, 4.69) is 4.98 Å². The van der Waals surface area contributed by atoms with Crippen LogP contribution in [0.15, 0.2) is 12.5 Å². The van der Waals surface area contributed by atoms with Gasteiger partial charge in [-0.05, 0) is 12.8 Å². The summed E-state index contributed by atoms with van der Waals surface area (Å²) in [5.74, 6) is -1.41. The largest absolute Gasteiger partial charge is 0.479 e. The van der Waals surface area contributed by atoms with Crippen LogP contribution in [0.4, 0.5) is 4.39 Å². The quantitative estimate of drug-likeness (QED) is 0.790. The first-order valence-corrected chi connectivity index (χ1v) is 4.56. The minimum Gasteiger partial charge on any atom is -0.479 e. The van der Waals surface area contributed by atoms with E-state index in [-0.39, 0.29) is 6.42 Å². The lowest BCUT2D eigenvalue weighted by molar-refractivity contribution is -0.142. The van der Waals surface area contributed by atoms with Crippen LogP contribution in [-0.4, -0.2) is 26.8 Å². The summed E-state index contributed by atoms with van der Waals surface area (Å²) in [5.41, 5.74) is 0.669. The maximum atomic E-state index is 12.9. The summed E-state index contributed by atoms with van der Waals surface area (Å²) in [5, 5.41) is 8.42. The molecule has 0 aliphatic heterocycles. The van der Waals surface area contributed by atoms with Crippen LogP contribution >= 0.6 is 0 Å². The average Bonchev–Trinajstić information content (AvgIpc) is 2.88. The number of carbonyl (C=O) groups is 1. The molecule has 1 N–H and O–H groups in total. The first-order valence-electron chi connectivity index (χ1n) is 4.56. The number of hydrogen-bond donors (Lipinski definition) is 1. The molecule has 0 aromatic carbocycles. The predicted octanol–water partition coefficient (Wildman–Crippen LogP) is 1.18. The van der Waals surface area contributed by atoms with Gasteiger partial charge in [0.05, 0.1) is 6.33 Å². The smallest absolute Gasteiger partial charge is 0.338 e. The second-order valence-corrected chi connectivity index (χ2v) is 3.53. The number of aromatic nitrogens is 2. The predicted molar refractivity (Wildman–Crippen MR) is 46.7 cm³/mol. The van der Waals surface area contributed by atoms with Gasteiger partial charge in [0.15, 0.2) is 0 Å². The Kier molecular flexibility index (Phi) is 2.23. The molecular formula is C9H11FN2O2. The van der Waals surface area contributed by atoms with E-state index in [0.717, 1.165) is 12.8 Å². The average molecular weight is 198 g/mol. The highest BCUT2D eigenvalue weighted by molar-refractivity contribution is 5.72. The number of carboxylic acid groups (broad SMARTS) is 1. The van der Waals surface area contributed by atoms with Crippen molar-refractivity contribution in [3.8, 4) is 0 Å². The molecule has 0 saturated heterocycles. The SMILES string of the molecule is O=C(O)C(F)Cc1cncn1C1CC1. The molecule has 1 aliphatic rings. The third-order valence-corrected chi connectivity index (χ3v) is 2.34. The second kappa shape index (κ2) is 3.40. The van der Waals surface area contributed by atoms with Crippen LogP contribution in [0, 0.1) is 0 Å². The summed E-state index contributed by atoms with van der Waals surface area (Å²) >= 11 is 0. The summed E-state index contributed by atoms with van der Waals surface area (Å²) in [4.78, 5) is 14.2. The zero-order valence-electron chi connectivity index (χ0n) is 7.56. The number of imidazole rings is 1. The van der Waals surface area contributed by atoms with Crippen molar-refractivity contribution in [2.45, 2.75) is 31.5 Å². The Hall–Kier alpha value is -1.39. The molecule has 1 aromatic heterocycles. The molecular weight excluding hydrogens is 187 g/mol. The third-order valence-electron chi connectivity index (χ3n) is 2.34. The van der Waals surface area contributed by atoms with E-state index >= 15 is 0 Å². The number of halogens is 1. The van der Waals surface area contributed by atoms with Crippen LogP contribution in [0.1, 0.15) is 24.6 Å². The Morgan fingerprint density at radius 3 is 3.07 bits per heavy atom. The molecule has 1 heterocycles. The van der Waals surface area contributed by atoms with E-state index in [9.17, 15) is 9.18 Å². The van der Waals surface area contributed by atoms with Gasteiger partial charge in [-0.3, -0.25) is 0 Å². The molecule has 76 valence electrons. The summed E-state index contributed by atoms with van der Waals surface area (Å²) < 4.78 is 14.8. The van der Waals surface area contributed by atoms with Gasteiger partial charge in [0, 0.05) is 24.4 Å². The van der Waals surface area contributed by atoms with Crippen molar-refractivity contribution in [1.82, 2.24) is 9.55 Å². The number of aliphatic carboxylic acids is 1. The van der Waals surface area contributed by atoms with E-state index in [1.165, 1.54) is 6.20 Å². The highest BCUT2D eigenvalue weighted by Crippen LogP contribution is 2.35. The Morgan fingerprint density at radius 2 is 2.50 bits per heavy atom. The highest BCUT2D eigenvalue weighted by atomic mass is 19.1. The van der Waals surface area contributed by atoms with Crippen molar-refractivity contribution in [3.63, 3.8) is 0 Å². The minimum atomic E-state index is -1.83. The van der Waals surface area contributed by atoms with Crippen LogP contribution in [0.25, 0.3) is 0 Å². The second-order valence-electron chi connectivity index (χ2n) is 3.53. The van der Waals surface area contributed by atoms with Gasteiger partial charge in [-0.1, -0.05) is 0 Å². The fourth-order valence-electron chi connectivity index (χ4n) is 1.44. The van der Waals surface area contributed by atoms with E-state index in [0.29, 0.717) is 11.7 Å². The summed E-state index contributed by atoms with van der Waals surface area (Å²) in [6.07, 6.45) is 3.41. The van der Waals surface area contributed by atoms with Gasteiger partial charge in [-0.15, -0.1) is 0 Å².